The van der Waals surface area contributed by atoms with Crippen molar-refractivity contribution in [3.8, 4) is 6.07 Å². The van der Waals surface area contributed by atoms with Gasteiger partial charge in [0, 0.05) is 6.04 Å². The predicted octanol–water partition coefficient (Wildman–Crippen LogP) is 3.58. The second-order valence-electron chi connectivity index (χ2n) is 8.17. The molecule has 7 heteroatoms. The zero-order valence-corrected chi connectivity index (χ0v) is 17.9. The first-order chi connectivity index (χ1) is 13.8. The second-order valence-corrected chi connectivity index (χ2v) is 8.99. The number of benzene rings is 1. The number of nitrogens with zero attached hydrogens (tertiary/aromatic N) is 3. The lowest BCUT2D eigenvalue weighted by molar-refractivity contribution is -0.137. The Labute approximate surface area is 178 Å². The Morgan fingerprint density at radius 1 is 1.34 bits per heavy atom. The van der Waals surface area contributed by atoms with Gasteiger partial charge >= 0.3 is 0 Å². The van der Waals surface area contributed by atoms with Crippen LogP contribution in [0.1, 0.15) is 36.5 Å². The van der Waals surface area contributed by atoms with Gasteiger partial charge in [-0.3, -0.25) is 9.59 Å². The lowest BCUT2D eigenvalue weighted by atomic mass is 10.0. The molecule has 1 aliphatic carbocycles. The van der Waals surface area contributed by atoms with E-state index in [2.05, 4.69) is 39.2 Å². The van der Waals surface area contributed by atoms with Crippen molar-refractivity contribution in [1.29, 1.82) is 5.26 Å². The highest BCUT2D eigenvalue weighted by atomic mass is 79.9. The Kier molecular flexibility index (Phi) is 4.91. The van der Waals surface area contributed by atoms with Crippen LogP contribution in [0.15, 0.2) is 41.0 Å². The fourth-order valence-corrected chi connectivity index (χ4v) is 4.52. The normalized spacial score (nSPS) is 24.6. The van der Waals surface area contributed by atoms with Crippen molar-refractivity contribution in [3.05, 3.63) is 57.7 Å². The Hall–Kier alpha value is -2.72. The minimum atomic E-state index is -0.509. The number of nitrogens with one attached hydrogen (secondary N) is 1. The van der Waals surface area contributed by atoms with Crippen LogP contribution in [-0.2, 0) is 16.0 Å². The Morgan fingerprint density at radius 2 is 2.14 bits per heavy atom. The summed E-state index contributed by atoms with van der Waals surface area (Å²) in [5.41, 5.74) is 2.18. The van der Waals surface area contributed by atoms with Gasteiger partial charge in [0.15, 0.2) is 0 Å². The maximum Gasteiger partial charge on any atom is 0.248 e. The summed E-state index contributed by atoms with van der Waals surface area (Å²) in [6, 6.07) is 12.4. The van der Waals surface area contributed by atoms with E-state index in [0.717, 1.165) is 17.5 Å². The maximum absolute atomic E-state index is 13.1. The first kappa shape index (κ1) is 19.6. The molecule has 1 saturated carbocycles. The molecule has 1 N–H and O–H groups in total. The molecule has 4 rings (SSSR count). The van der Waals surface area contributed by atoms with Crippen LogP contribution in [0.4, 0.5) is 5.82 Å². The van der Waals surface area contributed by atoms with E-state index >= 15 is 0 Å². The van der Waals surface area contributed by atoms with Gasteiger partial charge in [0.2, 0.25) is 11.8 Å². The summed E-state index contributed by atoms with van der Waals surface area (Å²) in [7, 11) is 0. The second kappa shape index (κ2) is 7.27. The van der Waals surface area contributed by atoms with Crippen LogP contribution in [0.25, 0.3) is 0 Å². The quantitative estimate of drug-likeness (QED) is 0.718. The number of carbonyl (C=O) groups excluding carboxylic acids is 2. The largest absolute Gasteiger partial charge is 0.327 e. The first-order valence-corrected chi connectivity index (χ1v) is 10.3. The minimum Gasteiger partial charge on any atom is -0.327 e. The van der Waals surface area contributed by atoms with Crippen molar-refractivity contribution in [2.24, 2.45) is 5.41 Å². The molecule has 3 unspecified atom stereocenters. The number of nitriles is 1. The van der Waals surface area contributed by atoms with E-state index in [1.807, 2.05) is 25.1 Å². The van der Waals surface area contributed by atoms with Gasteiger partial charge in [0.25, 0.3) is 0 Å². The van der Waals surface area contributed by atoms with E-state index < -0.39 is 6.04 Å². The van der Waals surface area contributed by atoms with Crippen molar-refractivity contribution in [2.45, 2.75) is 45.2 Å². The molecule has 1 aliphatic heterocycles. The molecule has 2 aromatic rings. The van der Waals surface area contributed by atoms with Gasteiger partial charge in [-0.2, -0.15) is 5.26 Å². The van der Waals surface area contributed by atoms with Gasteiger partial charge in [-0.1, -0.05) is 25.1 Å². The summed E-state index contributed by atoms with van der Waals surface area (Å²) < 4.78 is 0.643. The van der Waals surface area contributed by atoms with E-state index in [1.54, 1.807) is 23.1 Å². The summed E-state index contributed by atoms with van der Waals surface area (Å²) in [6.45, 7) is 4.01. The molecule has 2 fully saturated rings. The molecule has 0 bridgehead atoms. The SMILES string of the molecule is Cc1ccc(Br)nc1NC(=O)C1CC2(C)CC2N1C(=O)Cc1cccc(C#N)c1. The monoisotopic (exact) mass is 452 g/mol. The van der Waals surface area contributed by atoms with Crippen LogP contribution >= 0.6 is 15.9 Å². The average molecular weight is 453 g/mol. The predicted molar refractivity (Wildman–Crippen MR) is 112 cm³/mol. The summed E-state index contributed by atoms with van der Waals surface area (Å²) in [5.74, 6) is 0.223. The van der Waals surface area contributed by atoms with E-state index in [9.17, 15) is 9.59 Å². The summed E-state index contributed by atoms with van der Waals surface area (Å²) in [4.78, 5) is 32.3. The molecule has 0 radical (unpaired) electrons. The number of likely N-dealkylation sites (tertiary alicyclic amines) is 1. The molecule has 1 aromatic heterocycles. The molecule has 2 aliphatic rings. The van der Waals surface area contributed by atoms with Crippen LogP contribution in [0.2, 0.25) is 0 Å². The number of fused-ring (bicyclic) bond motifs is 1. The van der Waals surface area contributed by atoms with Gasteiger partial charge in [-0.05, 0) is 70.4 Å². The van der Waals surface area contributed by atoms with Crippen LogP contribution in [0, 0.1) is 23.7 Å². The lowest BCUT2D eigenvalue weighted by Crippen LogP contribution is -2.46. The number of carbonyl (C=O) groups is 2. The minimum absolute atomic E-state index is 0.00587. The maximum atomic E-state index is 13.1. The number of amides is 2. The molecule has 1 saturated heterocycles. The highest BCUT2D eigenvalue weighted by Crippen LogP contribution is 2.59. The molecular formula is C22H21BrN4O2. The molecule has 2 heterocycles. The fraction of sp³-hybridized carbons (Fsp3) is 0.364. The van der Waals surface area contributed by atoms with Crippen molar-refractivity contribution in [3.63, 3.8) is 0 Å². The first-order valence-electron chi connectivity index (χ1n) is 9.55. The highest BCUT2D eigenvalue weighted by molar-refractivity contribution is 9.10. The third kappa shape index (κ3) is 3.77. The van der Waals surface area contributed by atoms with Crippen LogP contribution in [0.3, 0.4) is 0 Å². The third-order valence-electron chi connectivity index (χ3n) is 5.94. The van der Waals surface area contributed by atoms with E-state index in [1.165, 1.54) is 0 Å². The van der Waals surface area contributed by atoms with Gasteiger partial charge in [0.05, 0.1) is 18.1 Å². The zero-order valence-electron chi connectivity index (χ0n) is 16.3. The van der Waals surface area contributed by atoms with Crippen molar-refractivity contribution >= 4 is 33.6 Å². The van der Waals surface area contributed by atoms with Gasteiger partial charge in [0.1, 0.15) is 16.5 Å². The topological polar surface area (TPSA) is 86.1 Å². The number of hydrogen-bond acceptors (Lipinski definition) is 4. The van der Waals surface area contributed by atoms with Crippen molar-refractivity contribution in [2.75, 3.05) is 5.32 Å². The lowest BCUT2D eigenvalue weighted by Gasteiger charge is -2.27. The molecule has 3 atom stereocenters. The summed E-state index contributed by atoms with van der Waals surface area (Å²) in [5, 5.41) is 12.0. The zero-order chi connectivity index (χ0) is 20.8. The number of hydrogen-bond donors (Lipinski definition) is 1. The Morgan fingerprint density at radius 3 is 2.90 bits per heavy atom. The van der Waals surface area contributed by atoms with E-state index in [0.29, 0.717) is 22.4 Å². The molecule has 0 spiro atoms. The van der Waals surface area contributed by atoms with Crippen molar-refractivity contribution < 1.29 is 9.59 Å². The molecule has 2 amide bonds. The number of aromatic nitrogens is 1. The Bertz CT molecular complexity index is 1050. The number of pyridine rings is 1. The van der Waals surface area contributed by atoms with E-state index in [4.69, 9.17) is 5.26 Å². The molecule has 148 valence electrons. The fourth-order valence-electron chi connectivity index (χ4n) is 4.21. The Balaban J connectivity index is 1.53. The summed E-state index contributed by atoms with van der Waals surface area (Å²) >= 11 is 3.33. The standard InChI is InChI=1S/C22H21BrN4O2/c1-13-6-7-18(23)25-20(13)26-21(29)16-10-22(2)11-17(22)27(16)19(28)9-14-4-3-5-15(8-14)12-24/h3-8,16-17H,9-11H2,1-2H3,(H,25,26,29). The number of anilines is 1. The molecule has 1 aromatic carbocycles. The van der Waals surface area contributed by atoms with Crippen LogP contribution < -0.4 is 5.32 Å². The van der Waals surface area contributed by atoms with Crippen LogP contribution in [0.5, 0.6) is 0 Å². The molecule has 29 heavy (non-hydrogen) atoms. The average Bonchev–Trinajstić information content (AvgIpc) is 3.25. The third-order valence-corrected chi connectivity index (χ3v) is 6.38. The molecule has 6 nitrogen and oxygen atoms in total. The van der Waals surface area contributed by atoms with Crippen molar-refractivity contribution in [1.82, 2.24) is 9.88 Å². The van der Waals surface area contributed by atoms with Gasteiger partial charge < -0.3 is 10.2 Å². The van der Waals surface area contributed by atoms with Gasteiger partial charge in [-0.25, -0.2) is 4.98 Å². The van der Waals surface area contributed by atoms with E-state index in [-0.39, 0.29) is 29.7 Å². The number of aryl methyl sites for hydroxylation is 1. The molecular weight excluding hydrogens is 432 g/mol. The number of rotatable bonds is 4. The highest BCUT2D eigenvalue weighted by Gasteiger charge is 2.64. The number of piperidine rings is 1. The smallest absolute Gasteiger partial charge is 0.248 e. The van der Waals surface area contributed by atoms with Gasteiger partial charge in [-0.15, -0.1) is 0 Å². The number of halogens is 1. The van der Waals surface area contributed by atoms with Crippen LogP contribution in [-0.4, -0.2) is 33.8 Å². The summed E-state index contributed by atoms with van der Waals surface area (Å²) in [6.07, 6.45) is 1.76.